The van der Waals surface area contributed by atoms with Crippen LogP contribution in [0.4, 0.5) is 0 Å². The molecule has 2 aromatic carbocycles. The number of rotatable bonds is 12. The van der Waals surface area contributed by atoms with Crippen molar-refractivity contribution in [2.24, 2.45) is 0 Å². The number of hydrogen-bond donors (Lipinski definition) is 1. The van der Waals surface area contributed by atoms with E-state index in [0.717, 1.165) is 49.2 Å². The van der Waals surface area contributed by atoms with Gasteiger partial charge in [-0.2, -0.15) is 0 Å². The van der Waals surface area contributed by atoms with Crippen LogP contribution in [0.15, 0.2) is 72.0 Å². The Morgan fingerprint density at radius 2 is 1.94 bits per heavy atom. The lowest BCUT2D eigenvalue weighted by atomic mass is 9.88. The largest absolute Gasteiger partial charge is 0.489 e. The molecule has 5 nitrogen and oxygen atoms in total. The Bertz CT molecular complexity index is 1010. The second kappa shape index (κ2) is 12.3. The molecule has 1 atom stereocenters. The number of benzene rings is 2. The zero-order chi connectivity index (χ0) is 24.4. The molecule has 1 aliphatic heterocycles. The second-order valence-electron chi connectivity index (χ2n) is 9.03. The average Bonchev–Trinajstić information content (AvgIpc) is 2.82. The molecule has 0 radical (unpaired) electrons. The van der Waals surface area contributed by atoms with Gasteiger partial charge in [0.1, 0.15) is 23.7 Å². The van der Waals surface area contributed by atoms with Gasteiger partial charge in [0.25, 0.3) is 0 Å². The Morgan fingerprint density at radius 3 is 2.68 bits per heavy atom. The van der Waals surface area contributed by atoms with Crippen molar-refractivity contribution in [3.8, 4) is 11.5 Å². The molecule has 0 aromatic heterocycles. The Labute approximate surface area is 203 Å². The van der Waals surface area contributed by atoms with E-state index in [-0.39, 0.29) is 11.4 Å². The summed E-state index contributed by atoms with van der Waals surface area (Å²) in [5, 5.41) is 9.11. The van der Waals surface area contributed by atoms with E-state index in [4.69, 9.17) is 19.3 Å². The van der Waals surface area contributed by atoms with Gasteiger partial charge in [-0.15, -0.1) is 0 Å². The fraction of sp³-hybridized carbons (Fsp3) is 0.414. The van der Waals surface area contributed by atoms with Crippen LogP contribution in [0.3, 0.4) is 0 Å². The highest BCUT2D eigenvalue weighted by Crippen LogP contribution is 2.37. The lowest BCUT2D eigenvalue weighted by Crippen LogP contribution is -2.36. The molecule has 1 N–H and O–H groups in total. The standard InChI is InChI=1S/C29H36O5/c1-4-32-27(28(30)31)14-8-10-22(2)11-9-18-29(3)19-17-24-20-25(15-16-26(24)34-29)33-21-23-12-6-5-7-13-23/h5-7,11-16,20H,4,8-10,17-19,21H2,1-3H3,(H,30,31)/b22-11+,27-14-. The van der Waals surface area contributed by atoms with E-state index in [2.05, 4.69) is 38.1 Å². The van der Waals surface area contributed by atoms with Crippen molar-refractivity contribution >= 4 is 5.97 Å². The molecule has 1 heterocycles. The van der Waals surface area contributed by atoms with Crippen LogP contribution in [0.2, 0.25) is 0 Å². The number of carboxylic acid groups (broad SMARTS) is 1. The molecule has 0 bridgehead atoms. The quantitative estimate of drug-likeness (QED) is 0.211. The first-order valence-corrected chi connectivity index (χ1v) is 12.1. The molecule has 3 rings (SSSR count). The van der Waals surface area contributed by atoms with Crippen molar-refractivity contribution < 1.29 is 24.1 Å². The van der Waals surface area contributed by atoms with Gasteiger partial charge in [-0.3, -0.25) is 0 Å². The molecule has 0 spiro atoms. The lowest BCUT2D eigenvalue weighted by molar-refractivity contribution is -0.136. The van der Waals surface area contributed by atoms with Gasteiger partial charge in [-0.05, 0) is 94.7 Å². The number of hydrogen-bond acceptors (Lipinski definition) is 4. The second-order valence-corrected chi connectivity index (χ2v) is 9.03. The van der Waals surface area contributed by atoms with Crippen LogP contribution in [0, 0.1) is 0 Å². The smallest absolute Gasteiger partial charge is 0.370 e. The Balaban J connectivity index is 1.48. The molecule has 182 valence electrons. The van der Waals surface area contributed by atoms with Gasteiger partial charge in [0.05, 0.1) is 6.61 Å². The van der Waals surface area contributed by atoms with Gasteiger partial charge in [0.15, 0.2) is 5.76 Å². The Hall–Kier alpha value is -3.21. The lowest BCUT2D eigenvalue weighted by Gasteiger charge is -2.36. The highest BCUT2D eigenvalue weighted by Gasteiger charge is 2.31. The zero-order valence-corrected chi connectivity index (χ0v) is 20.5. The van der Waals surface area contributed by atoms with Gasteiger partial charge in [0.2, 0.25) is 0 Å². The molecule has 5 heteroatoms. The third-order valence-electron chi connectivity index (χ3n) is 6.10. The monoisotopic (exact) mass is 464 g/mol. The number of aliphatic carboxylic acids is 1. The number of fused-ring (bicyclic) bond motifs is 1. The molecule has 1 aliphatic rings. The van der Waals surface area contributed by atoms with E-state index in [1.807, 2.05) is 30.3 Å². The Kier molecular flexibility index (Phi) is 9.20. The summed E-state index contributed by atoms with van der Waals surface area (Å²) in [6.07, 6.45) is 9.16. The van der Waals surface area contributed by atoms with Crippen LogP contribution in [0.1, 0.15) is 64.0 Å². The number of ether oxygens (including phenoxy) is 3. The molecular weight excluding hydrogens is 428 g/mol. The van der Waals surface area contributed by atoms with Crippen molar-refractivity contribution in [1.29, 1.82) is 0 Å². The summed E-state index contributed by atoms with van der Waals surface area (Å²) in [7, 11) is 0. The van der Waals surface area contributed by atoms with Crippen LogP contribution in [-0.2, 0) is 22.6 Å². The minimum absolute atomic E-state index is 0.0331. The zero-order valence-electron chi connectivity index (χ0n) is 20.5. The van der Waals surface area contributed by atoms with Gasteiger partial charge < -0.3 is 19.3 Å². The van der Waals surface area contributed by atoms with E-state index < -0.39 is 5.97 Å². The molecule has 2 aromatic rings. The molecule has 0 fully saturated rings. The van der Waals surface area contributed by atoms with E-state index in [1.54, 1.807) is 13.0 Å². The van der Waals surface area contributed by atoms with Crippen molar-refractivity contribution in [3.05, 3.63) is 83.1 Å². The van der Waals surface area contributed by atoms with Crippen molar-refractivity contribution in [1.82, 2.24) is 0 Å². The topological polar surface area (TPSA) is 65.0 Å². The summed E-state index contributed by atoms with van der Waals surface area (Å²) >= 11 is 0. The van der Waals surface area contributed by atoms with E-state index >= 15 is 0 Å². The van der Waals surface area contributed by atoms with Gasteiger partial charge in [-0.1, -0.05) is 42.0 Å². The highest BCUT2D eigenvalue weighted by atomic mass is 16.5. The van der Waals surface area contributed by atoms with E-state index in [0.29, 0.717) is 19.6 Å². The molecular formula is C29H36O5. The van der Waals surface area contributed by atoms with Crippen LogP contribution in [0.5, 0.6) is 11.5 Å². The minimum Gasteiger partial charge on any atom is -0.489 e. The molecule has 0 aliphatic carbocycles. The summed E-state index contributed by atoms with van der Waals surface area (Å²) in [6, 6.07) is 16.3. The third kappa shape index (κ3) is 7.68. The maximum absolute atomic E-state index is 11.1. The van der Waals surface area contributed by atoms with Crippen LogP contribution in [0.25, 0.3) is 0 Å². The predicted molar refractivity (Wildman–Crippen MR) is 134 cm³/mol. The average molecular weight is 465 g/mol. The van der Waals surface area contributed by atoms with Crippen molar-refractivity contribution in [3.63, 3.8) is 0 Å². The number of allylic oxidation sites excluding steroid dienone is 3. The summed E-state index contributed by atoms with van der Waals surface area (Å²) in [4.78, 5) is 11.1. The maximum Gasteiger partial charge on any atom is 0.370 e. The van der Waals surface area contributed by atoms with Crippen LogP contribution >= 0.6 is 0 Å². The minimum atomic E-state index is -1.01. The molecule has 0 saturated carbocycles. The summed E-state index contributed by atoms with van der Waals surface area (Å²) in [5.41, 5.74) is 3.41. The van der Waals surface area contributed by atoms with Crippen molar-refractivity contribution in [2.45, 2.75) is 71.5 Å². The van der Waals surface area contributed by atoms with Gasteiger partial charge in [-0.25, -0.2) is 4.79 Å². The molecule has 0 amide bonds. The Morgan fingerprint density at radius 1 is 1.15 bits per heavy atom. The number of aryl methyl sites for hydroxylation is 1. The van der Waals surface area contributed by atoms with E-state index in [1.165, 1.54) is 11.1 Å². The fourth-order valence-corrected chi connectivity index (χ4v) is 4.09. The molecule has 0 saturated heterocycles. The fourth-order valence-electron chi connectivity index (χ4n) is 4.09. The van der Waals surface area contributed by atoms with Crippen molar-refractivity contribution in [2.75, 3.05) is 6.61 Å². The SMILES string of the molecule is CCO/C(=C\CC/C(C)=C/CCC1(C)CCc2cc(OCc3ccccc3)ccc2O1)C(=O)O. The maximum atomic E-state index is 11.1. The normalized spacial score (nSPS) is 18.1. The van der Waals surface area contributed by atoms with Gasteiger partial charge in [0, 0.05) is 0 Å². The summed E-state index contributed by atoms with van der Waals surface area (Å²) in [5.74, 6) is 0.841. The molecule has 1 unspecified atom stereocenters. The predicted octanol–water partition coefficient (Wildman–Crippen LogP) is 6.86. The summed E-state index contributed by atoms with van der Waals surface area (Å²) in [6.45, 7) is 6.97. The highest BCUT2D eigenvalue weighted by molar-refractivity contribution is 5.84. The summed E-state index contributed by atoms with van der Waals surface area (Å²) < 4.78 is 17.5. The first-order valence-electron chi connectivity index (χ1n) is 12.1. The third-order valence-corrected chi connectivity index (χ3v) is 6.10. The van der Waals surface area contributed by atoms with Crippen LogP contribution < -0.4 is 9.47 Å². The molecule has 34 heavy (non-hydrogen) atoms. The number of carboxylic acids is 1. The number of carbonyl (C=O) groups is 1. The van der Waals surface area contributed by atoms with Gasteiger partial charge >= 0.3 is 5.97 Å². The van der Waals surface area contributed by atoms with E-state index in [9.17, 15) is 4.79 Å². The van der Waals surface area contributed by atoms with Crippen LogP contribution in [-0.4, -0.2) is 23.3 Å². The first-order chi connectivity index (χ1) is 16.4. The first kappa shape index (κ1) is 25.4.